The van der Waals surface area contributed by atoms with Gasteiger partial charge in [0, 0.05) is 12.3 Å². The van der Waals surface area contributed by atoms with E-state index < -0.39 is 23.6 Å². The van der Waals surface area contributed by atoms with Crippen molar-refractivity contribution >= 4 is 11.8 Å². The molecule has 4 atom stereocenters. The molecule has 0 aromatic carbocycles. The fraction of sp³-hybridized carbons (Fsp3) is 0.840. The molecular formula is C25H44O6. The summed E-state index contributed by atoms with van der Waals surface area (Å²) in [5.74, 6) is -1.40. The van der Waals surface area contributed by atoms with Crippen molar-refractivity contribution < 1.29 is 29.6 Å². The lowest BCUT2D eigenvalue weighted by Crippen LogP contribution is -2.41. The second kappa shape index (κ2) is 14.8. The van der Waals surface area contributed by atoms with E-state index in [9.17, 15) is 19.8 Å². The smallest absolute Gasteiger partial charge is 0.312 e. The molecule has 1 aliphatic rings. The van der Waals surface area contributed by atoms with Crippen molar-refractivity contribution in [3.05, 3.63) is 12.2 Å². The lowest BCUT2D eigenvalue weighted by Gasteiger charge is -2.34. The molecule has 0 aromatic rings. The van der Waals surface area contributed by atoms with Crippen LogP contribution in [-0.2, 0) is 14.3 Å². The van der Waals surface area contributed by atoms with Crippen molar-refractivity contribution in [1.82, 2.24) is 0 Å². The number of allylic oxidation sites excluding steroid dienone is 2. The second-order valence-corrected chi connectivity index (χ2v) is 9.59. The summed E-state index contributed by atoms with van der Waals surface area (Å²) in [4.78, 5) is 24.1. The number of carbonyl (C=O) groups is 2. The Labute approximate surface area is 188 Å². The molecule has 6 nitrogen and oxygen atoms in total. The zero-order chi connectivity index (χ0) is 23.3. The maximum Gasteiger partial charge on any atom is 0.312 e. The third kappa shape index (κ3) is 9.84. The number of rotatable bonds is 17. The fourth-order valence-corrected chi connectivity index (χ4v) is 4.71. The molecule has 31 heavy (non-hydrogen) atoms. The topological polar surface area (TPSA) is 104 Å². The Hall–Kier alpha value is -1.24. The van der Waals surface area contributed by atoms with Gasteiger partial charge in [0.1, 0.15) is 11.7 Å². The Kier molecular flexibility index (Phi) is 13.2. The van der Waals surface area contributed by atoms with Crippen LogP contribution in [0.2, 0.25) is 0 Å². The number of unbranched alkanes of at least 4 members (excludes halogenated alkanes) is 5. The number of aliphatic hydroxyl groups excluding tert-OH is 2. The highest BCUT2D eigenvalue weighted by Gasteiger charge is 2.41. The van der Waals surface area contributed by atoms with E-state index in [0.29, 0.717) is 24.5 Å². The predicted octanol–water partition coefficient (Wildman–Crippen LogP) is 4.72. The summed E-state index contributed by atoms with van der Waals surface area (Å²) in [7, 11) is 0. The minimum Gasteiger partial charge on any atom is -0.481 e. The molecule has 0 aromatic heterocycles. The molecule has 0 heterocycles. The van der Waals surface area contributed by atoms with Gasteiger partial charge >= 0.3 is 5.97 Å². The van der Waals surface area contributed by atoms with Crippen molar-refractivity contribution in [3.8, 4) is 0 Å². The molecule has 180 valence electrons. The number of ether oxygens (including phenoxy) is 1. The molecule has 6 heteroatoms. The number of aliphatic hydroxyl groups is 2. The minimum absolute atomic E-state index is 0.0868. The Morgan fingerprint density at radius 3 is 2.61 bits per heavy atom. The van der Waals surface area contributed by atoms with Gasteiger partial charge in [-0.25, -0.2) is 0 Å². The Morgan fingerprint density at radius 1 is 1.23 bits per heavy atom. The molecule has 0 spiro atoms. The Balaban J connectivity index is 2.49. The first-order valence-corrected chi connectivity index (χ1v) is 12.1. The maximum absolute atomic E-state index is 12.4. The van der Waals surface area contributed by atoms with E-state index in [-0.39, 0.29) is 19.1 Å². The first-order chi connectivity index (χ1) is 14.7. The molecule has 1 aliphatic carbocycles. The van der Waals surface area contributed by atoms with E-state index in [2.05, 4.69) is 19.1 Å². The van der Waals surface area contributed by atoms with Gasteiger partial charge in [0.15, 0.2) is 6.29 Å². The summed E-state index contributed by atoms with van der Waals surface area (Å²) >= 11 is 0. The Bertz CT molecular complexity index is 556. The normalized spacial score (nSPS) is 21.6. The summed E-state index contributed by atoms with van der Waals surface area (Å²) in [6, 6.07) is 0. The van der Waals surface area contributed by atoms with Crippen LogP contribution in [-0.4, -0.2) is 46.6 Å². The lowest BCUT2D eigenvalue weighted by molar-refractivity contribution is -0.188. The van der Waals surface area contributed by atoms with E-state index in [1.807, 2.05) is 13.8 Å². The minimum atomic E-state index is -1.46. The van der Waals surface area contributed by atoms with Crippen molar-refractivity contribution in [2.24, 2.45) is 23.2 Å². The predicted molar refractivity (Wildman–Crippen MR) is 122 cm³/mol. The average molecular weight is 441 g/mol. The number of ketones is 1. The molecule has 2 unspecified atom stereocenters. The lowest BCUT2D eigenvalue weighted by atomic mass is 9.74. The Morgan fingerprint density at radius 2 is 1.97 bits per heavy atom. The van der Waals surface area contributed by atoms with Crippen molar-refractivity contribution in [2.75, 3.05) is 13.2 Å². The van der Waals surface area contributed by atoms with Gasteiger partial charge in [-0.1, -0.05) is 65.0 Å². The van der Waals surface area contributed by atoms with Gasteiger partial charge < -0.3 is 20.1 Å². The first-order valence-electron chi connectivity index (χ1n) is 12.1. The number of aliphatic carboxylic acids is 1. The monoisotopic (exact) mass is 440 g/mol. The molecule has 3 N–H and O–H groups in total. The van der Waals surface area contributed by atoms with Gasteiger partial charge in [-0.2, -0.15) is 0 Å². The summed E-state index contributed by atoms with van der Waals surface area (Å²) in [5.41, 5.74) is -0.668. The molecule has 0 radical (unpaired) electrons. The van der Waals surface area contributed by atoms with Gasteiger partial charge in [-0.05, 0) is 43.4 Å². The number of carboxylic acids is 1. The maximum atomic E-state index is 12.4. The summed E-state index contributed by atoms with van der Waals surface area (Å²) in [6.07, 6.45) is 13.8. The zero-order valence-corrected chi connectivity index (χ0v) is 19.7. The third-order valence-electron chi connectivity index (χ3n) is 6.62. The molecule has 0 amide bonds. The fourth-order valence-electron chi connectivity index (χ4n) is 4.71. The van der Waals surface area contributed by atoms with Crippen LogP contribution < -0.4 is 0 Å². The number of Topliss-reactive ketones (excluding diaryl/α,β-unsaturated/α-hetero) is 1. The van der Waals surface area contributed by atoms with E-state index in [1.54, 1.807) is 0 Å². The summed E-state index contributed by atoms with van der Waals surface area (Å²) in [5, 5.41) is 28.5. The SMILES string of the molecule is CCCCCCC=C[C@H]1CCC(=O)[C@@H]1CCCCC(C)(C)C(C(=O)O)C(O)OCCO. The number of hydrogen-bond donors (Lipinski definition) is 3. The first kappa shape index (κ1) is 27.8. The highest BCUT2D eigenvalue weighted by molar-refractivity contribution is 5.83. The molecular weight excluding hydrogens is 396 g/mol. The zero-order valence-electron chi connectivity index (χ0n) is 19.7. The summed E-state index contributed by atoms with van der Waals surface area (Å²) < 4.78 is 5.06. The molecule has 1 fully saturated rings. The third-order valence-corrected chi connectivity index (χ3v) is 6.62. The van der Waals surface area contributed by atoms with Crippen LogP contribution in [0, 0.1) is 23.2 Å². The van der Waals surface area contributed by atoms with Crippen LogP contribution in [0.15, 0.2) is 12.2 Å². The van der Waals surface area contributed by atoms with Crippen LogP contribution in [0.3, 0.4) is 0 Å². The number of hydrogen-bond acceptors (Lipinski definition) is 5. The van der Waals surface area contributed by atoms with Gasteiger partial charge in [0.05, 0.1) is 13.2 Å². The van der Waals surface area contributed by atoms with Crippen LogP contribution >= 0.6 is 0 Å². The molecule has 0 saturated heterocycles. The van der Waals surface area contributed by atoms with E-state index >= 15 is 0 Å². The van der Waals surface area contributed by atoms with Gasteiger partial charge in [-0.3, -0.25) is 9.59 Å². The molecule has 0 aliphatic heterocycles. The van der Waals surface area contributed by atoms with Gasteiger partial charge in [0.25, 0.3) is 0 Å². The molecule has 1 saturated carbocycles. The second-order valence-electron chi connectivity index (χ2n) is 9.59. The largest absolute Gasteiger partial charge is 0.481 e. The highest BCUT2D eigenvalue weighted by atomic mass is 16.6. The molecule has 1 rings (SSSR count). The average Bonchev–Trinajstić information content (AvgIpc) is 3.05. The molecule has 0 bridgehead atoms. The van der Waals surface area contributed by atoms with Crippen molar-refractivity contribution in [3.63, 3.8) is 0 Å². The quantitative estimate of drug-likeness (QED) is 0.172. The number of carboxylic acid groups (broad SMARTS) is 1. The van der Waals surface area contributed by atoms with Crippen molar-refractivity contribution in [1.29, 1.82) is 0 Å². The van der Waals surface area contributed by atoms with Gasteiger partial charge in [-0.15, -0.1) is 0 Å². The van der Waals surface area contributed by atoms with E-state index in [0.717, 1.165) is 32.1 Å². The highest BCUT2D eigenvalue weighted by Crippen LogP contribution is 2.38. The van der Waals surface area contributed by atoms with Gasteiger partial charge in [0.2, 0.25) is 0 Å². The van der Waals surface area contributed by atoms with E-state index in [4.69, 9.17) is 9.84 Å². The number of carbonyl (C=O) groups excluding carboxylic acids is 1. The standard InChI is InChI=1S/C25H44O6/c1-4-5-6-7-8-9-12-19-14-15-21(27)20(19)13-10-11-16-25(2,3)22(23(28)29)24(30)31-18-17-26/h9,12,19-20,22,24,26,30H,4-8,10-11,13-18H2,1-3H3,(H,28,29)/t19-,20+,22?,24?/m0/s1. The van der Waals surface area contributed by atoms with Crippen LogP contribution in [0.1, 0.15) is 91.4 Å². The van der Waals surface area contributed by atoms with E-state index in [1.165, 1.54) is 25.7 Å². The van der Waals surface area contributed by atoms with Crippen LogP contribution in [0.5, 0.6) is 0 Å². The van der Waals surface area contributed by atoms with Crippen molar-refractivity contribution in [2.45, 2.75) is 97.7 Å². The van der Waals surface area contributed by atoms with Crippen LogP contribution in [0.25, 0.3) is 0 Å². The van der Waals surface area contributed by atoms with Crippen LogP contribution in [0.4, 0.5) is 0 Å². The summed E-state index contributed by atoms with van der Waals surface area (Å²) in [6.45, 7) is 5.48.